The van der Waals surface area contributed by atoms with Gasteiger partial charge in [-0.05, 0) is 30.5 Å². The molecule has 0 saturated carbocycles. The molecule has 1 aliphatic rings. The first kappa shape index (κ1) is 18.0. The van der Waals surface area contributed by atoms with Crippen LogP contribution in [-0.2, 0) is 0 Å². The summed E-state index contributed by atoms with van der Waals surface area (Å²) in [5.74, 6) is 1.32. The molecule has 0 aromatic heterocycles. The Morgan fingerprint density at radius 1 is 1.17 bits per heavy atom. The number of benzene rings is 1. The first-order valence-corrected chi connectivity index (χ1v) is 8.58. The highest BCUT2D eigenvalue weighted by Gasteiger charge is 2.25. The molecule has 1 atom stereocenters. The SMILES string of the molecule is CCOc1cc(C(CO)N2CCN(CC(C)C)CC2)ccc1O. The Morgan fingerprint density at radius 2 is 1.87 bits per heavy atom. The maximum atomic E-state index is 9.87. The molecule has 0 bridgehead atoms. The summed E-state index contributed by atoms with van der Waals surface area (Å²) in [5.41, 5.74) is 0.992. The lowest BCUT2D eigenvalue weighted by Gasteiger charge is -2.39. The largest absolute Gasteiger partial charge is 0.504 e. The topological polar surface area (TPSA) is 56.2 Å². The molecular weight excluding hydrogens is 292 g/mol. The van der Waals surface area contributed by atoms with Gasteiger partial charge in [-0.2, -0.15) is 0 Å². The Hall–Kier alpha value is -1.30. The third kappa shape index (κ3) is 4.83. The summed E-state index contributed by atoms with van der Waals surface area (Å²) in [6, 6.07) is 5.33. The second-order valence-electron chi connectivity index (χ2n) is 6.59. The van der Waals surface area contributed by atoms with Crippen LogP contribution in [-0.4, -0.2) is 66.0 Å². The van der Waals surface area contributed by atoms with Crippen LogP contribution in [0.25, 0.3) is 0 Å². The lowest BCUT2D eigenvalue weighted by Crippen LogP contribution is -2.49. The number of nitrogens with zero attached hydrogens (tertiary/aromatic N) is 2. The Bertz CT molecular complexity index is 485. The minimum atomic E-state index is -0.0454. The predicted molar refractivity (Wildman–Crippen MR) is 92.0 cm³/mol. The third-order valence-electron chi connectivity index (χ3n) is 4.31. The normalized spacial score (nSPS) is 18.3. The van der Waals surface area contributed by atoms with Crippen LogP contribution in [0.4, 0.5) is 0 Å². The molecule has 2 rings (SSSR count). The minimum Gasteiger partial charge on any atom is -0.504 e. The molecule has 1 heterocycles. The van der Waals surface area contributed by atoms with Crippen LogP contribution in [0.2, 0.25) is 0 Å². The van der Waals surface area contributed by atoms with Gasteiger partial charge in [-0.3, -0.25) is 4.90 Å². The van der Waals surface area contributed by atoms with E-state index in [4.69, 9.17) is 4.74 Å². The number of piperazine rings is 1. The summed E-state index contributed by atoms with van der Waals surface area (Å²) in [6.07, 6.45) is 0. The van der Waals surface area contributed by atoms with Gasteiger partial charge in [-0.1, -0.05) is 19.9 Å². The monoisotopic (exact) mass is 322 g/mol. The van der Waals surface area contributed by atoms with E-state index in [0.29, 0.717) is 18.3 Å². The van der Waals surface area contributed by atoms with E-state index in [2.05, 4.69) is 23.6 Å². The summed E-state index contributed by atoms with van der Waals surface area (Å²) < 4.78 is 5.46. The minimum absolute atomic E-state index is 0.0454. The second kappa shape index (κ2) is 8.52. The zero-order valence-corrected chi connectivity index (χ0v) is 14.5. The number of phenols is 1. The van der Waals surface area contributed by atoms with Crippen LogP contribution in [0.5, 0.6) is 11.5 Å². The van der Waals surface area contributed by atoms with E-state index in [1.54, 1.807) is 6.07 Å². The number of hydrogen-bond acceptors (Lipinski definition) is 5. The van der Waals surface area contributed by atoms with Crippen LogP contribution in [0, 0.1) is 5.92 Å². The fraction of sp³-hybridized carbons (Fsp3) is 0.667. The first-order valence-electron chi connectivity index (χ1n) is 8.58. The zero-order valence-electron chi connectivity index (χ0n) is 14.5. The predicted octanol–water partition coefficient (Wildman–Crippen LogP) is 2.10. The van der Waals surface area contributed by atoms with Crippen molar-refractivity contribution in [2.45, 2.75) is 26.8 Å². The smallest absolute Gasteiger partial charge is 0.161 e. The van der Waals surface area contributed by atoms with Crippen molar-refractivity contribution in [2.75, 3.05) is 45.9 Å². The van der Waals surface area contributed by atoms with E-state index in [-0.39, 0.29) is 18.4 Å². The van der Waals surface area contributed by atoms with Gasteiger partial charge in [-0.15, -0.1) is 0 Å². The molecule has 130 valence electrons. The Labute approximate surface area is 139 Å². The van der Waals surface area contributed by atoms with Crippen LogP contribution >= 0.6 is 0 Å². The van der Waals surface area contributed by atoms with Gasteiger partial charge in [0.2, 0.25) is 0 Å². The molecule has 23 heavy (non-hydrogen) atoms. The van der Waals surface area contributed by atoms with Gasteiger partial charge in [0.25, 0.3) is 0 Å². The molecular formula is C18H30N2O3. The van der Waals surface area contributed by atoms with E-state index in [1.165, 1.54) is 0 Å². The Morgan fingerprint density at radius 3 is 2.43 bits per heavy atom. The summed E-state index contributed by atoms with van der Waals surface area (Å²) >= 11 is 0. The molecule has 1 unspecified atom stereocenters. The third-order valence-corrected chi connectivity index (χ3v) is 4.31. The van der Waals surface area contributed by atoms with Gasteiger partial charge >= 0.3 is 0 Å². The van der Waals surface area contributed by atoms with Crippen LogP contribution in [0.15, 0.2) is 18.2 Å². The van der Waals surface area contributed by atoms with Gasteiger partial charge in [0.15, 0.2) is 11.5 Å². The molecule has 2 N–H and O–H groups in total. The van der Waals surface area contributed by atoms with Crippen molar-refractivity contribution in [3.63, 3.8) is 0 Å². The quantitative estimate of drug-likeness (QED) is 0.805. The van der Waals surface area contributed by atoms with Gasteiger partial charge in [0, 0.05) is 32.7 Å². The van der Waals surface area contributed by atoms with Crippen LogP contribution < -0.4 is 4.74 Å². The fourth-order valence-corrected chi connectivity index (χ4v) is 3.21. The van der Waals surface area contributed by atoms with Crippen molar-refractivity contribution >= 4 is 0 Å². The van der Waals surface area contributed by atoms with Crippen molar-refractivity contribution in [3.8, 4) is 11.5 Å². The number of rotatable bonds is 7. The highest BCUT2D eigenvalue weighted by Crippen LogP contribution is 2.31. The molecule has 0 spiro atoms. The summed E-state index contributed by atoms with van der Waals surface area (Å²) in [5, 5.41) is 19.7. The highest BCUT2D eigenvalue weighted by atomic mass is 16.5. The number of phenolic OH excluding ortho intramolecular Hbond substituents is 1. The number of aromatic hydroxyl groups is 1. The molecule has 5 heteroatoms. The summed E-state index contributed by atoms with van der Waals surface area (Å²) in [6.45, 7) is 12.1. The van der Waals surface area contributed by atoms with E-state index in [9.17, 15) is 10.2 Å². The van der Waals surface area contributed by atoms with Crippen molar-refractivity contribution in [2.24, 2.45) is 5.92 Å². The highest BCUT2D eigenvalue weighted by molar-refractivity contribution is 5.42. The van der Waals surface area contributed by atoms with Gasteiger partial charge < -0.3 is 19.8 Å². The first-order chi connectivity index (χ1) is 11.0. The van der Waals surface area contributed by atoms with Gasteiger partial charge in [-0.25, -0.2) is 0 Å². The molecule has 0 radical (unpaired) electrons. The Balaban J connectivity index is 2.04. The van der Waals surface area contributed by atoms with E-state index >= 15 is 0 Å². The Kier molecular flexibility index (Phi) is 6.69. The van der Waals surface area contributed by atoms with E-state index in [0.717, 1.165) is 38.3 Å². The summed E-state index contributed by atoms with van der Waals surface area (Å²) in [7, 11) is 0. The molecule has 5 nitrogen and oxygen atoms in total. The fourth-order valence-electron chi connectivity index (χ4n) is 3.21. The molecule has 1 fully saturated rings. The van der Waals surface area contributed by atoms with Crippen molar-refractivity contribution < 1.29 is 14.9 Å². The molecule has 1 aliphatic heterocycles. The number of ether oxygens (including phenoxy) is 1. The molecule has 1 aromatic carbocycles. The lowest BCUT2D eigenvalue weighted by molar-refractivity contribution is 0.0605. The molecule has 1 saturated heterocycles. The van der Waals surface area contributed by atoms with Crippen molar-refractivity contribution in [1.82, 2.24) is 9.80 Å². The van der Waals surface area contributed by atoms with Crippen molar-refractivity contribution in [1.29, 1.82) is 0 Å². The van der Waals surface area contributed by atoms with Crippen LogP contribution in [0.3, 0.4) is 0 Å². The number of aliphatic hydroxyl groups excluding tert-OH is 1. The van der Waals surface area contributed by atoms with Gasteiger partial charge in [0.1, 0.15) is 0 Å². The van der Waals surface area contributed by atoms with Gasteiger partial charge in [0.05, 0.1) is 19.3 Å². The molecule has 0 amide bonds. The molecule has 1 aromatic rings. The lowest BCUT2D eigenvalue weighted by atomic mass is 10.0. The number of aliphatic hydroxyl groups is 1. The van der Waals surface area contributed by atoms with Crippen molar-refractivity contribution in [3.05, 3.63) is 23.8 Å². The second-order valence-corrected chi connectivity index (χ2v) is 6.59. The molecule has 0 aliphatic carbocycles. The van der Waals surface area contributed by atoms with E-state index < -0.39 is 0 Å². The maximum absolute atomic E-state index is 9.87. The average Bonchev–Trinajstić information content (AvgIpc) is 2.52. The van der Waals surface area contributed by atoms with Crippen LogP contribution in [0.1, 0.15) is 32.4 Å². The standard InChI is InChI=1S/C18H30N2O3/c1-4-23-18-11-15(5-6-17(18)22)16(13-21)20-9-7-19(8-10-20)12-14(2)3/h5-6,11,14,16,21-22H,4,7-10,12-13H2,1-3H3. The summed E-state index contributed by atoms with van der Waals surface area (Å²) in [4.78, 5) is 4.80. The average molecular weight is 322 g/mol. The number of hydrogen-bond donors (Lipinski definition) is 2. The van der Waals surface area contributed by atoms with E-state index in [1.807, 2.05) is 19.1 Å². The maximum Gasteiger partial charge on any atom is 0.161 e. The zero-order chi connectivity index (χ0) is 16.8.